The topological polar surface area (TPSA) is 60.9 Å². The standard InChI is InChI=1S/C25H25BrFN3O3S/c1-19-2-12-24(13-3-19)34(32,33)30(23-8-4-20(26)5-9-23)18-25(31)29-16-14-28(15-17-29)22-10-6-21(27)7-11-22/h2-13H,14-18H2,1H3. The van der Waals surface area contributed by atoms with Gasteiger partial charge in [-0.05, 0) is 67.6 Å². The third kappa shape index (κ3) is 5.42. The fourth-order valence-electron chi connectivity index (χ4n) is 3.85. The van der Waals surface area contributed by atoms with E-state index in [0.29, 0.717) is 31.9 Å². The molecule has 6 nitrogen and oxygen atoms in total. The normalized spacial score (nSPS) is 14.2. The lowest BCUT2D eigenvalue weighted by Gasteiger charge is -2.37. The van der Waals surface area contributed by atoms with E-state index in [1.54, 1.807) is 65.6 Å². The Bertz CT molecular complexity index is 1240. The summed E-state index contributed by atoms with van der Waals surface area (Å²) in [5, 5.41) is 0. The molecule has 1 fully saturated rings. The lowest BCUT2D eigenvalue weighted by Crippen LogP contribution is -2.52. The summed E-state index contributed by atoms with van der Waals surface area (Å²) in [4.78, 5) is 17.1. The Morgan fingerprint density at radius 2 is 1.50 bits per heavy atom. The molecule has 0 atom stereocenters. The van der Waals surface area contributed by atoms with Crippen molar-refractivity contribution >= 4 is 43.2 Å². The van der Waals surface area contributed by atoms with Crippen molar-refractivity contribution in [2.45, 2.75) is 11.8 Å². The number of aryl methyl sites for hydroxylation is 1. The van der Waals surface area contributed by atoms with Gasteiger partial charge < -0.3 is 9.80 Å². The third-order valence-electron chi connectivity index (χ3n) is 5.83. The van der Waals surface area contributed by atoms with Gasteiger partial charge in [0.05, 0.1) is 10.6 Å². The second-order valence-corrected chi connectivity index (χ2v) is 10.9. The van der Waals surface area contributed by atoms with E-state index in [-0.39, 0.29) is 23.2 Å². The maximum absolute atomic E-state index is 13.5. The summed E-state index contributed by atoms with van der Waals surface area (Å²) in [5.74, 6) is -0.558. The first-order valence-electron chi connectivity index (χ1n) is 10.9. The molecular formula is C25H25BrFN3O3S. The SMILES string of the molecule is Cc1ccc(S(=O)(=O)N(CC(=O)N2CCN(c3ccc(F)cc3)CC2)c2ccc(Br)cc2)cc1. The van der Waals surface area contributed by atoms with E-state index in [4.69, 9.17) is 0 Å². The van der Waals surface area contributed by atoms with Crippen molar-refractivity contribution in [2.24, 2.45) is 0 Å². The Morgan fingerprint density at radius 1 is 0.912 bits per heavy atom. The molecule has 1 aliphatic heterocycles. The highest BCUT2D eigenvalue weighted by atomic mass is 79.9. The molecule has 9 heteroatoms. The van der Waals surface area contributed by atoms with E-state index in [9.17, 15) is 17.6 Å². The smallest absolute Gasteiger partial charge is 0.264 e. The Hall–Kier alpha value is -2.91. The molecule has 0 spiro atoms. The summed E-state index contributed by atoms with van der Waals surface area (Å²) in [6, 6.07) is 19.7. The van der Waals surface area contributed by atoms with Crippen LogP contribution >= 0.6 is 15.9 Å². The van der Waals surface area contributed by atoms with Crippen LogP contribution in [0, 0.1) is 12.7 Å². The summed E-state index contributed by atoms with van der Waals surface area (Å²) in [6.07, 6.45) is 0. The average molecular weight is 546 g/mol. The van der Waals surface area contributed by atoms with E-state index in [1.165, 1.54) is 16.4 Å². The van der Waals surface area contributed by atoms with Crippen LogP contribution in [0.25, 0.3) is 0 Å². The van der Waals surface area contributed by atoms with Crippen LogP contribution in [0.3, 0.4) is 0 Å². The zero-order valence-electron chi connectivity index (χ0n) is 18.7. The van der Waals surface area contributed by atoms with Crippen LogP contribution < -0.4 is 9.21 Å². The van der Waals surface area contributed by atoms with Crippen LogP contribution in [0.1, 0.15) is 5.56 Å². The molecule has 34 heavy (non-hydrogen) atoms. The Balaban J connectivity index is 1.52. The number of hydrogen-bond donors (Lipinski definition) is 0. The van der Waals surface area contributed by atoms with Gasteiger partial charge >= 0.3 is 0 Å². The lowest BCUT2D eigenvalue weighted by atomic mass is 10.2. The Morgan fingerprint density at radius 3 is 2.09 bits per heavy atom. The van der Waals surface area contributed by atoms with Crippen molar-refractivity contribution in [3.63, 3.8) is 0 Å². The van der Waals surface area contributed by atoms with Gasteiger partial charge in [0.1, 0.15) is 12.4 Å². The highest BCUT2D eigenvalue weighted by Gasteiger charge is 2.30. The molecule has 178 valence electrons. The number of amides is 1. The molecule has 4 rings (SSSR count). The van der Waals surface area contributed by atoms with Crippen molar-refractivity contribution in [2.75, 3.05) is 41.9 Å². The Labute approximate surface area is 207 Å². The first-order chi connectivity index (χ1) is 16.2. The Kier molecular flexibility index (Phi) is 7.23. The number of rotatable bonds is 6. The lowest BCUT2D eigenvalue weighted by molar-refractivity contribution is -0.129. The number of sulfonamides is 1. The summed E-state index contributed by atoms with van der Waals surface area (Å²) < 4.78 is 42.2. The zero-order valence-corrected chi connectivity index (χ0v) is 21.1. The molecule has 0 bridgehead atoms. The molecular weight excluding hydrogens is 521 g/mol. The van der Waals surface area contributed by atoms with Crippen molar-refractivity contribution in [1.82, 2.24) is 4.90 Å². The van der Waals surface area contributed by atoms with Gasteiger partial charge in [0, 0.05) is 36.3 Å². The van der Waals surface area contributed by atoms with E-state index in [0.717, 1.165) is 15.7 Å². The molecule has 0 aliphatic carbocycles. The summed E-state index contributed by atoms with van der Waals surface area (Å²) in [7, 11) is -3.95. The first-order valence-corrected chi connectivity index (χ1v) is 13.1. The monoisotopic (exact) mass is 545 g/mol. The molecule has 0 N–H and O–H groups in total. The quantitative estimate of drug-likeness (QED) is 0.459. The van der Waals surface area contributed by atoms with E-state index >= 15 is 0 Å². The van der Waals surface area contributed by atoms with E-state index in [2.05, 4.69) is 20.8 Å². The summed E-state index contributed by atoms with van der Waals surface area (Å²) in [5.41, 5.74) is 2.26. The number of anilines is 2. The van der Waals surface area contributed by atoms with Crippen molar-refractivity contribution < 1.29 is 17.6 Å². The van der Waals surface area contributed by atoms with Crippen LogP contribution in [0.2, 0.25) is 0 Å². The maximum Gasteiger partial charge on any atom is 0.264 e. The minimum atomic E-state index is -3.95. The zero-order chi connectivity index (χ0) is 24.3. The number of piperazine rings is 1. The molecule has 1 aliphatic rings. The predicted molar refractivity (Wildman–Crippen MR) is 135 cm³/mol. The molecule has 0 radical (unpaired) electrons. The van der Waals surface area contributed by atoms with Gasteiger partial charge in [-0.25, -0.2) is 12.8 Å². The van der Waals surface area contributed by atoms with Crippen LogP contribution in [0.4, 0.5) is 15.8 Å². The highest BCUT2D eigenvalue weighted by Crippen LogP contribution is 2.26. The third-order valence-corrected chi connectivity index (χ3v) is 8.14. The summed E-state index contributed by atoms with van der Waals surface area (Å²) >= 11 is 3.37. The van der Waals surface area contributed by atoms with E-state index < -0.39 is 10.0 Å². The predicted octanol–water partition coefficient (Wildman–Crippen LogP) is 4.44. The van der Waals surface area contributed by atoms with Crippen LogP contribution in [0.5, 0.6) is 0 Å². The van der Waals surface area contributed by atoms with Gasteiger partial charge in [0.25, 0.3) is 10.0 Å². The number of hydrogen-bond acceptors (Lipinski definition) is 4. The summed E-state index contributed by atoms with van der Waals surface area (Å²) in [6.45, 7) is 3.66. The number of benzene rings is 3. The number of halogens is 2. The van der Waals surface area contributed by atoms with Gasteiger partial charge in [-0.2, -0.15) is 0 Å². The number of carbonyl (C=O) groups excluding carboxylic acids is 1. The van der Waals surface area contributed by atoms with Crippen LogP contribution in [-0.4, -0.2) is 51.9 Å². The van der Waals surface area contributed by atoms with Crippen molar-refractivity contribution in [3.8, 4) is 0 Å². The largest absolute Gasteiger partial charge is 0.368 e. The molecule has 1 saturated heterocycles. The van der Waals surface area contributed by atoms with Crippen molar-refractivity contribution in [1.29, 1.82) is 0 Å². The highest BCUT2D eigenvalue weighted by molar-refractivity contribution is 9.10. The second-order valence-electron chi connectivity index (χ2n) is 8.15. The first kappa shape index (κ1) is 24.2. The minimum absolute atomic E-state index is 0.134. The fourth-order valence-corrected chi connectivity index (χ4v) is 5.53. The number of carbonyl (C=O) groups is 1. The average Bonchev–Trinajstić information content (AvgIpc) is 2.84. The van der Waals surface area contributed by atoms with E-state index in [1.807, 2.05) is 6.92 Å². The van der Waals surface area contributed by atoms with Crippen LogP contribution in [0.15, 0.2) is 82.2 Å². The van der Waals surface area contributed by atoms with Gasteiger partial charge in [0.15, 0.2) is 0 Å². The van der Waals surface area contributed by atoms with Crippen molar-refractivity contribution in [3.05, 3.63) is 88.6 Å². The fraction of sp³-hybridized carbons (Fsp3) is 0.240. The molecule has 0 aromatic heterocycles. The molecule has 3 aromatic rings. The van der Waals surface area contributed by atoms with Gasteiger partial charge in [-0.3, -0.25) is 9.10 Å². The van der Waals surface area contributed by atoms with Gasteiger partial charge in [0.2, 0.25) is 5.91 Å². The van der Waals surface area contributed by atoms with Crippen LogP contribution in [-0.2, 0) is 14.8 Å². The van der Waals surface area contributed by atoms with Gasteiger partial charge in [-0.1, -0.05) is 33.6 Å². The molecule has 1 amide bonds. The molecule has 0 saturated carbocycles. The minimum Gasteiger partial charge on any atom is -0.368 e. The molecule has 1 heterocycles. The molecule has 0 unspecified atom stereocenters. The second kappa shape index (κ2) is 10.1. The number of nitrogens with zero attached hydrogens (tertiary/aromatic N) is 3. The van der Waals surface area contributed by atoms with Gasteiger partial charge in [-0.15, -0.1) is 0 Å². The maximum atomic E-state index is 13.5. The molecule has 3 aromatic carbocycles.